The Balaban J connectivity index is 3.58. The molecular weight excluding hydrogens is 351 g/mol. The van der Waals surface area contributed by atoms with Crippen molar-refractivity contribution in [2.75, 3.05) is 5.73 Å². The van der Waals surface area contributed by atoms with Gasteiger partial charge >= 0.3 is 12.4 Å². The summed E-state index contributed by atoms with van der Waals surface area (Å²) in [5, 5.41) is 0. The lowest BCUT2D eigenvalue weighted by Crippen LogP contribution is -2.18. The normalized spacial score (nSPS) is 12.9. The van der Waals surface area contributed by atoms with Crippen molar-refractivity contribution in [1.29, 1.82) is 0 Å². The topological polar surface area (TPSA) is 26.0 Å². The number of halogens is 7. The van der Waals surface area contributed by atoms with E-state index in [-0.39, 0.29) is 11.8 Å². The predicted octanol–water partition coefficient (Wildman–Crippen LogP) is 3.91. The average molecular weight is 355 g/mol. The maximum Gasteiger partial charge on any atom is 0.418 e. The van der Waals surface area contributed by atoms with Crippen molar-refractivity contribution in [1.82, 2.24) is 0 Å². The summed E-state index contributed by atoms with van der Waals surface area (Å²) in [6.07, 6.45) is -10.1. The smallest absolute Gasteiger partial charge is 0.399 e. The van der Waals surface area contributed by atoms with Crippen LogP contribution in [0.5, 0.6) is 0 Å². The average Bonchev–Trinajstić information content (AvgIpc) is 1.97. The maximum absolute atomic E-state index is 12.4. The van der Waals surface area contributed by atoms with Gasteiger partial charge in [0.25, 0.3) is 0 Å². The van der Waals surface area contributed by atoms with Crippen molar-refractivity contribution in [2.24, 2.45) is 0 Å². The highest BCUT2D eigenvalue weighted by atomic mass is 127. The summed E-state index contributed by atoms with van der Waals surface area (Å²) in [5.74, 6) is 0. The van der Waals surface area contributed by atoms with Crippen molar-refractivity contribution in [3.63, 3.8) is 0 Å². The van der Waals surface area contributed by atoms with Gasteiger partial charge in [-0.2, -0.15) is 26.3 Å². The van der Waals surface area contributed by atoms with Crippen LogP contribution in [-0.4, -0.2) is 0 Å². The molecular formula is C8H4F6IN. The predicted molar refractivity (Wildman–Crippen MR) is 53.6 cm³/mol. The summed E-state index contributed by atoms with van der Waals surface area (Å²) < 4.78 is 73.8. The van der Waals surface area contributed by atoms with E-state index in [0.717, 1.165) is 6.07 Å². The van der Waals surface area contributed by atoms with Crippen LogP contribution in [0.3, 0.4) is 0 Å². The van der Waals surface area contributed by atoms with E-state index in [1.54, 1.807) is 0 Å². The first kappa shape index (κ1) is 13.4. The first-order valence-electron chi connectivity index (χ1n) is 3.77. The zero-order chi connectivity index (χ0) is 12.7. The highest BCUT2D eigenvalue weighted by molar-refractivity contribution is 14.1. The summed E-state index contributed by atoms with van der Waals surface area (Å²) in [6.45, 7) is 0. The largest absolute Gasteiger partial charge is 0.418 e. The number of anilines is 1. The van der Waals surface area contributed by atoms with Crippen molar-refractivity contribution < 1.29 is 26.3 Å². The molecule has 0 heterocycles. The fraction of sp³-hybridized carbons (Fsp3) is 0.250. The lowest BCUT2D eigenvalue weighted by Gasteiger charge is -2.17. The van der Waals surface area contributed by atoms with Crippen LogP contribution in [0, 0.1) is 3.57 Å². The lowest BCUT2D eigenvalue weighted by atomic mass is 10.1. The third kappa shape index (κ3) is 2.71. The molecule has 0 aliphatic heterocycles. The van der Waals surface area contributed by atoms with Gasteiger partial charge in [-0.3, -0.25) is 0 Å². The molecule has 90 valence electrons. The van der Waals surface area contributed by atoms with E-state index in [4.69, 9.17) is 5.73 Å². The summed E-state index contributed by atoms with van der Waals surface area (Å²) in [4.78, 5) is 0. The van der Waals surface area contributed by atoms with E-state index in [0.29, 0.717) is 0 Å². The summed E-state index contributed by atoms with van der Waals surface area (Å²) >= 11 is 1.18. The molecule has 0 saturated carbocycles. The molecule has 0 bridgehead atoms. The zero-order valence-corrected chi connectivity index (χ0v) is 9.54. The van der Waals surface area contributed by atoms with Crippen LogP contribution in [0.25, 0.3) is 0 Å². The Morgan fingerprint density at radius 2 is 1.44 bits per heavy atom. The number of hydrogen-bond donors (Lipinski definition) is 1. The monoisotopic (exact) mass is 355 g/mol. The van der Waals surface area contributed by atoms with E-state index >= 15 is 0 Å². The Hall–Kier alpha value is -0.670. The number of nitrogens with two attached hydrogens (primary N) is 1. The number of nitrogen functional groups attached to an aromatic ring is 1. The molecule has 0 fully saturated rings. The van der Waals surface area contributed by atoms with E-state index in [1.165, 1.54) is 22.6 Å². The standard InChI is InChI=1S/C8H4F6IN/c9-7(10,11)4-1-3(16)2-5(15)6(4)8(12,13)14/h1-2H,16H2. The Kier molecular flexibility index (Phi) is 3.32. The second-order valence-electron chi connectivity index (χ2n) is 2.92. The molecule has 0 spiro atoms. The zero-order valence-electron chi connectivity index (χ0n) is 7.38. The number of rotatable bonds is 0. The molecule has 2 N–H and O–H groups in total. The van der Waals surface area contributed by atoms with Gasteiger partial charge in [0.05, 0.1) is 11.1 Å². The van der Waals surface area contributed by atoms with Gasteiger partial charge in [-0.15, -0.1) is 0 Å². The minimum atomic E-state index is -5.08. The van der Waals surface area contributed by atoms with E-state index in [9.17, 15) is 26.3 Å². The van der Waals surface area contributed by atoms with Crippen molar-refractivity contribution >= 4 is 28.3 Å². The fourth-order valence-electron chi connectivity index (χ4n) is 1.14. The summed E-state index contributed by atoms with van der Waals surface area (Å²) in [7, 11) is 0. The SMILES string of the molecule is Nc1cc(I)c(C(F)(F)F)c(C(F)(F)F)c1. The molecule has 0 amide bonds. The Morgan fingerprint density at radius 1 is 0.938 bits per heavy atom. The van der Waals surface area contributed by atoms with Crippen molar-refractivity contribution in [2.45, 2.75) is 12.4 Å². The van der Waals surface area contributed by atoms with E-state index < -0.39 is 27.0 Å². The van der Waals surface area contributed by atoms with Crippen LogP contribution in [-0.2, 0) is 12.4 Å². The number of alkyl halides is 6. The molecule has 16 heavy (non-hydrogen) atoms. The van der Waals surface area contributed by atoms with Gasteiger partial charge in [-0.25, -0.2) is 0 Å². The van der Waals surface area contributed by atoms with Crippen LogP contribution in [0.4, 0.5) is 32.0 Å². The molecule has 1 rings (SSSR count). The van der Waals surface area contributed by atoms with Gasteiger partial charge in [0, 0.05) is 9.26 Å². The highest BCUT2D eigenvalue weighted by Crippen LogP contribution is 2.43. The van der Waals surface area contributed by atoms with Gasteiger partial charge in [0.15, 0.2) is 0 Å². The van der Waals surface area contributed by atoms with Gasteiger partial charge in [-0.05, 0) is 34.7 Å². The van der Waals surface area contributed by atoms with Crippen molar-refractivity contribution in [3.05, 3.63) is 26.8 Å². The molecule has 0 radical (unpaired) electrons. The molecule has 1 aromatic rings. The Bertz CT molecular complexity index is 408. The van der Waals surface area contributed by atoms with Crippen molar-refractivity contribution in [3.8, 4) is 0 Å². The molecule has 1 aromatic carbocycles. The number of hydrogen-bond acceptors (Lipinski definition) is 1. The quantitative estimate of drug-likeness (QED) is 0.426. The fourth-order valence-corrected chi connectivity index (χ4v) is 2.10. The summed E-state index contributed by atoms with van der Waals surface area (Å²) in [5.41, 5.74) is 1.28. The van der Waals surface area contributed by atoms with Gasteiger partial charge in [-0.1, -0.05) is 0 Å². The molecule has 1 nitrogen and oxygen atoms in total. The van der Waals surface area contributed by atoms with Crippen LogP contribution in [0.15, 0.2) is 12.1 Å². The maximum atomic E-state index is 12.4. The second-order valence-corrected chi connectivity index (χ2v) is 4.08. The van der Waals surface area contributed by atoms with Crippen LogP contribution in [0.2, 0.25) is 0 Å². The summed E-state index contributed by atoms with van der Waals surface area (Å²) in [6, 6.07) is 1.13. The van der Waals surface area contributed by atoms with Gasteiger partial charge < -0.3 is 5.73 Å². The number of benzene rings is 1. The Labute approximate surface area is 99.8 Å². The van der Waals surface area contributed by atoms with Gasteiger partial charge in [0.1, 0.15) is 0 Å². The molecule has 0 unspecified atom stereocenters. The highest BCUT2D eigenvalue weighted by Gasteiger charge is 2.44. The van der Waals surface area contributed by atoms with Crippen LogP contribution in [0.1, 0.15) is 11.1 Å². The van der Waals surface area contributed by atoms with Crippen LogP contribution < -0.4 is 5.73 Å². The molecule has 0 saturated heterocycles. The minimum Gasteiger partial charge on any atom is -0.399 e. The van der Waals surface area contributed by atoms with Gasteiger partial charge in [0.2, 0.25) is 0 Å². The first-order chi connectivity index (χ1) is 7.03. The first-order valence-corrected chi connectivity index (χ1v) is 4.85. The third-order valence-electron chi connectivity index (χ3n) is 1.70. The minimum absolute atomic E-state index is 0.283. The second kappa shape index (κ2) is 3.97. The van der Waals surface area contributed by atoms with Crippen LogP contribution >= 0.6 is 22.6 Å². The molecule has 0 atom stereocenters. The molecule has 0 aliphatic rings. The van der Waals surface area contributed by atoms with E-state index in [1.807, 2.05) is 0 Å². The third-order valence-corrected chi connectivity index (χ3v) is 2.55. The molecule has 0 aliphatic carbocycles. The lowest BCUT2D eigenvalue weighted by molar-refractivity contribution is -0.162. The Morgan fingerprint density at radius 3 is 1.81 bits per heavy atom. The molecule has 0 aromatic heterocycles. The molecule has 8 heteroatoms. The van der Waals surface area contributed by atoms with E-state index in [2.05, 4.69) is 0 Å².